The maximum Gasteiger partial charge on any atom is 0.255 e. The van der Waals surface area contributed by atoms with Gasteiger partial charge in [-0.3, -0.25) is 14.5 Å². The summed E-state index contributed by atoms with van der Waals surface area (Å²) in [5.41, 5.74) is 1.02. The first-order chi connectivity index (χ1) is 12.0. The summed E-state index contributed by atoms with van der Waals surface area (Å²) in [4.78, 5) is 29.5. The summed E-state index contributed by atoms with van der Waals surface area (Å²) in [6, 6.07) is 9.38. The van der Waals surface area contributed by atoms with Gasteiger partial charge >= 0.3 is 0 Å². The average Bonchev–Trinajstić information content (AvgIpc) is 3.14. The fraction of sp³-hybridized carbons (Fsp3) is 0.400. The number of rotatable bonds is 5. The molecule has 1 aliphatic heterocycles. The zero-order chi connectivity index (χ0) is 17.9. The van der Waals surface area contributed by atoms with Gasteiger partial charge in [0.1, 0.15) is 0 Å². The third-order valence-corrected chi connectivity index (χ3v) is 4.85. The number of carbonyl (C=O) groups is 1. The van der Waals surface area contributed by atoms with Gasteiger partial charge in [0.15, 0.2) is 0 Å². The van der Waals surface area contributed by atoms with Crippen LogP contribution in [0.3, 0.4) is 0 Å². The van der Waals surface area contributed by atoms with Crippen molar-refractivity contribution in [3.05, 3.63) is 52.3 Å². The van der Waals surface area contributed by atoms with E-state index in [0.717, 1.165) is 24.0 Å². The Morgan fingerprint density at radius 1 is 1.28 bits per heavy atom. The molecule has 5 heteroatoms. The van der Waals surface area contributed by atoms with Crippen LogP contribution < -0.4 is 10.9 Å². The van der Waals surface area contributed by atoms with Gasteiger partial charge in [0.2, 0.25) is 5.91 Å². The number of pyridine rings is 1. The van der Waals surface area contributed by atoms with Crippen molar-refractivity contribution in [3.8, 4) is 0 Å². The van der Waals surface area contributed by atoms with Crippen LogP contribution in [0.5, 0.6) is 0 Å². The van der Waals surface area contributed by atoms with E-state index in [1.807, 2.05) is 24.3 Å². The highest BCUT2D eigenvalue weighted by Gasteiger charge is 2.28. The molecule has 1 saturated heterocycles. The van der Waals surface area contributed by atoms with Crippen LogP contribution in [-0.4, -0.2) is 41.0 Å². The normalized spacial score (nSPS) is 15.9. The quantitative estimate of drug-likeness (QED) is 0.823. The zero-order valence-corrected chi connectivity index (χ0v) is 14.8. The van der Waals surface area contributed by atoms with Gasteiger partial charge in [-0.15, -0.1) is 0 Å². The number of benzene rings is 1. The second kappa shape index (κ2) is 7.23. The van der Waals surface area contributed by atoms with Gasteiger partial charge in [-0.05, 0) is 63.4 Å². The number of nitrogens with one attached hydrogen (secondary N) is 2. The second-order valence-corrected chi connectivity index (χ2v) is 7.20. The number of nitrogens with zero attached hydrogens (tertiary/aromatic N) is 1. The van der Waals surface area contributed by atoms with Gasteiger partial charge in [-0.25, -0.2) is 0 Å². The molecule has 2 N–H and O–H groups in total. The van der Waals surface area contributed by atoms with Crippen LogP contribution in [0.15, 0.2) is 41.2 Å². The first-order valence-electron chi connectivity index (χ1n) is 8.79. The Hall–Kier alpha value is -2.40. The molecule has 1 amide bonds. The van der Waals surface area contributed by atoms with Crippen LogP contribution in [0.2, 0.25) is 0 Å². The van der Waals surface area contributed by atoms with E-state index >= 15 is 0 Å². The molecule has 0 radical (unpaired) electrons. The van der Waals surface area contributed by atoms with E-state index in [1.165, 1.54) is 18.9 Å². The molecule has 0 aliphatic carbocycles. The molecule has 2 heterocycles. The fourth-order valence-electron chi connectivity index (χ4n) is 3.25. The number of aromatic amines is 1. The highest BCUT2D eigenvalue weighted by atomic mass is 16.1. The summed E-state index contributed by atoms with van der Waals surface area (Å²) in [6.45, 7) is 7.06. The minimum absolute atomic E-state index is 0.0551. The molecular weight excluding hydrogens is 314 g/mol. The summed E-state index contributed by atoms with van der Waals surface area (Å²) in [5, 5.41) is 3.89. The van der Waals surface area contributed by atoms with Gasteiger partial charge < -0.3 is 10.3 Å². The molecule has 0 saturated carbocycles. The number of hydrogen-bond donors (Lipinski definition) is 2. The van der Waals surface area contributed by atoms with Crippen LogP contribution >= 0.6 is 0 Å². The largest absolute Gasteiger partial charge is 0.351 e. The van der Waals surface area contributed by atoms with Crippen molar-refractivity contribution in [2.24, 2.45) is 0 Å². The van der Waals surface area contributed by atoms with Crippen LogP contribution in [0.25, 0.3) is 17.0 Å². The Balaban J connectivity index is 1.64. The summed E-state index contributed by atoms with van der Waals surface area (Å²) in [5.74, 6) is -0.181. The van der Waals surface area contributed by atoms with Crippen LogP contribution in [-0.2, 0) is 4.79 Å². The van der Waals surface area contributed by atoms with E-state index in [-0.39, 0.29) is 17.0 Å². The fourth-order valence-corrected chi connectivity index (χ4v) is 3.25. The molecule has 0 atom stereocenters. The topological polar surface area (TPSA) is 65.2 Å². The van der Waals surface area contributed by atoms with Crippen LogP contribution in [0, 0.1) is 0 Å². The number of carbonyl (C=O) groups excluding carboxylic acids is 1. The van der Waals surface area contributed by atoms with Crippen molar-refractivity contribution in [2.75, 3.05) is 19.6 Å². The number of amides is 1. The number of para-hydroxylation sites is 1. The van der Waals surface area contributed by atoms with Crippen molar-refractivity contribution in [2.45, 2.75) is 32.2 Å². The zero-order valence-electron chi connectivity index (χ0n) is 14.8. The van der Waals surface area contributed by atoms with Gasteiger partial charge in [-0.2, -0.15) is 0 Å². The lowest BCUT2D eigenvalue weighted by molar-refractivity contribution is -0.117. The second-order valence-electron chi connectivity index (χ2n) is 7.20. The van der Waals surface area contributed by atoms with Crippen molar-refractivity contribution in [1.82, 2.24) is 15.2 Å². The molecule has 0 unspecified atom stereocenters. The molecule has 1 fully saturated rings. The van der Waals surface area contributed by atoms with E-state index in [0.29, 0.717) is 12.1 Å². The van der Waals surface area contributed by atoms with E-state index in [1.54, 1.807) is 12.1 Å². The first kappa shape index (κ1) is 17.4. The lowest BCUT2D eigenvalue weighted by Crippen LogP contribution is -2.50. The highest BCUT2D eigenvalue weighted by molar-refractivity contribution is 5.92. The molecule has 0 spiro atoms. The van der Waals surface area contributed by atoms with Gasteiger partial charge in [0.25, 0.3) is 5.56 Å². The summed E-state index contributed by atoms with van der Waals surface area (Å²) in [6.07, 6.45) is 5.45. The molecule has 0 bridgehead atoms. The minimum Gasteiger partial charge on any atom is -0.351 e. The molecular formula is C20H25N3O2. The number of hydrogen-bond acceptors (Lipinski definition) is 3. The number of H-pyrrole nitrogens is 1. The van der Waals surface area contributed by atoms with Crippen molar-refractivity contribution in [1.29, 1.82) is 0 Å². The van der Waals surface area contributed by atoms with E-state index in [9.17, 15) is 9.59 Å². The smallest absolute Gasteiger partial charge is 0.255 e. The SMILES string of the molecule is CC(C)(CNC(=O)/C=C/c1cc2ccccc2[nH]c1=O)N1CCCC1. The standard InChI is InChI=1S/C20H25N3O2/c1-20(2,23-11-5-6-12-23)14-21-18(24)10-9-16-13-15-7-3-4-8-17(15)22-19(16)25/h3-4,7-10,13H,5-6,11-12,14H2,1-2H3,(H,21,24)(H,22,25)/b10-9+. The first-order valence-corrected chi connectivity index (χ1v) is 8.79. The summed E-state index contributed by atoms with van der Waals surface area (Å²) in [7, 11) is 0. The van der Waals surface area contributed by atoms with Crippen molar-refractivity contribution < 1.29 is 4.79 Å². The Morgan fingerprint density at radius 3 is 2.76 bits per heavy atom. The summed E-state index contributed by atoms with van der Waals surface area (Å²) >= 11 is 0. The summed E-state index contributed by atoms with van der Waals surface area (Å²) < 4.78 is 0. The maximum absolute atomic E-state index is 12.1. The predicted octanol–water partition coefficient (Wildman–Crippen LogP) is 2.53. The lowest BCUT2D eigenvalue weighted by atomic mass is 10.0. The van der Waals surface area contributed by atoms with E-state index in [4.69, 9.17) is 0 Å². The van der Waals surface area contributed by atoms with Crippen LogP contribution in [0.4, 0.5) is 0 Å². The van der Waals surface area contributed by atoms with Gasteiger partial charge in [0, 0.05) is 29.2 Å². The molecule has 3 rings (SSSR count). The molecule has 1 aromatic carbocycles. The van der Waals surface area contributed by atoms with Crippen molar-refractivity contribution >= 4 is 22.9 Å². The minimum atomic E-state index is -0.194. The Bertz CT molecular complexity index is 845. The molecule has 25 heavy (non-hydrogen) atoms. The predicted molar refractivity (Wildman–Crippen MR) is 101 cm³/mol. The van der Waals surface area contributed by atoms with E-state index in [2.05, 4.69) is 29.0 Å². The van der Waals surface area contributed by atoms with Crippen LogP contribution in [0.1, 0.15) is 32.3 Å². The Kier molecular flexibility index (Phi) is 5.04. The monoisotopic (exact) mass is 339 g/mol. The third-order valence-electron chi connectivity index (χ3n) is 4.85. The number of likely N-dealkylation sites (tertiary alicyclic amines) is 1. The Labute approximate surface area is 147 Å². The van der Waals surface area contributed by atoms with Crippen molar-refractivity contribution in [3.63, 3.8) is 0 Å². The Morgan fingerprint density at radius 2 is 2.00 bits per heavy atom. The molecule has 1 aliphatic rings. The number of fused-ring (bicyclic) bond motifs is 1. The third kappa shape index (κ3) is 4.17. The average molecular weight is 339 g/mol. The maximum atomic E-state index is 12.1. The number of aromatic nitrogens is 1. The molecule has 2 aromatic rings. The molecule has 5 nitrogen and oxygen atoms in total. The molecule has 1 aromatic heterocycles. The van der Waals surface area contributed by atoms with Gasteiger partial charge in [0.05, 0.1) is 0 Å². The van der Waals surface area contributed by atoms with E-state index < -0.39 is 0 Å². The molecule has 132 valence electrons. The highest BCUT2D eigenvalue weighted by Crippen LogP contribution is 2.20. The van der Waals surface area contributed by atoms with Gasteiger partial charge in [-0.1, -0.05) is 18.2 Å². The lowest BCUT2D eigenvalue weighted by Gasteiger charge is -2.35.